The van der Waals surface area contributed by atoms with Gasteiger partial charge in [0.2, 0.25) is 0 Å². The van der Waals surface area contributed by atoms with Gasteiger partial charge in [0.25, 0.3) is 0 Å². The molecule has 1 aromatic heterocycles. The van der Waals surface area contributed by atoms with Crippen LogP contribution in [-0.2, 0) is 0 Å². The second kappa shape index (κ2) is 8.00. The predicted octanol–water partition coefficient (Wildman–Crippen LogP) is 9.48. The van der Waals surface area contributed by atoms with Gasteiger partial charge in [-0.3, -0.25) is 0 Å². The molecule has 0 fully saturated rings. The van der Waals surface area contributed by atoms with Gasteiger partial charge in [0.05, 0.1) is 0 Å². The maximum Gasteiger partial charge on any atom is 0.0471 e. The molecule has 0 spiro atoms. The first kappa shape index (κ1) is 19.8. The molecule has 0 unspecified atom stereocenters. The lowest BCUT2D eigenvalue weighted by molar-refractivity contribution is 1.54. The predicted molar refractivity (Wildman–Crippen MR) is 150 cm³/mol. The van der Waals surface area contributed by atoms with Crippen molar-refractivity contribution in [2.24, 2.45) is 0 Å². The fourth-order valence-electron chi connectivity index (χ4n) is 5.48. The van der Waals surface area contributed by atoms with Crippen LogP contribution in [0.15, 0.2) is 133 Å². The molecule has 0 aliphatic heterocycles. The molecule has 0 amide bonds. The Morgan fingerprint density at radius 1 is 0.371 bits per heavy atom. The van der Waals surface area contributed by atoms with Gasteiger partial charge in [-0.25, -0.2) is 0 Å². The monoisotopic (exact) mass is 445 g/mol. The van der Waals surface area contributed by atoms with Gasteiger partial charge >= 0.3 is 0 Å². The summed E-state index contributed by atoms with van der Waals surface area (Å²) in [5.74, 6) is 0. The summed E-state index contributed by atoms with van der Waals surface area (Å²) in [4.78, 5) is 3.73. The number of aromatic amines is 1. The highest BCUT2D eigenvalue weighted by Gasteiger charge is 2.19. The van der Waals surface area contributed by atoms with Gasteiger partial charge in [-0.05, 0) is 50.7 Å². The normalized spacial score (nSPS) is 11.4. The van der Waals surface area contributed by atoms with E-state index in [2.05, 4.69) is 138 Å². The van der Waals surface area contributed by atoms with E-state index in [0.717, 1.165) is 11.0 Å². The van der Waals surface area contributed by atoms with Crippen molar-refractivity contribution < 1.29 is 0 Å². The topological polar surface area (TPSA) is 15.8 Å². The summed E-state index contributed by atoms with van der Waals surface area (Å²) in [6, 6.07) is 47.9. The van der Waals surface area contributed by atoms with Crippen molar-refractivity contribution >= 4 is 32.6 Å². The van der Waals surface area contributed by atoms with Crippen molar-refractivity contribution in [3.05, 3.63) is 133 Å². The van der Waals surface area contributed by atoms with Gasteiger partial charge in [-0.2, -0.15) is 0 Å². The number of benzene rings is 6. The van der Waals surface area contributed by atoms with E-state index in [1.54, 1.807) is 0 Å². The number of H-pyrrole nitrogens is 1. The molecule has 0 bridgehead atoms. The Kier molecular flexibility index (Phi) is 4.53. The lowest BCUT2D eigenvalue weighted by atomic mass is 9.87. The first-order valence-corrected chi connectivity index (χ1v) is 12.0. The van der Waals surface area contributed by atoms with Crippen LogP contribution in [0.4, 0.5) is 0 Å². The van der Waals surface area contributed by atoms with Gasteiger partial charge in [0.1, 0.15) is 0 Å². The Labute approximate surface area is 204 Å². The van der Waals surface area contributed by atoms with E-state index in [0.29, 0.717) is 0 Å². The molecule has 1 N–H and O–H groups in total. The van der Waals surface area contributed by atoms with Crippen molar-refractivity contribution in [1.29, 1.82) is 0 Å². The average molecular weight is 446 g/mol. The molecular weight excluding hydrogens is 422 g/mol. The highest BCUT2D eigenvalue weighted by molar-refractivity contribution is 6.23. The second-order valence-corrected chi connectivity index (χ2v) is 9.02. The lowest BCUT2D eigenvalue weighted by Gasteiger charge is -2.16. The van der Waals surface area contributed by atoms with E-state index in [1.807, 2.05) is 0 Å². The summed E-state index contributed by atoms with van der Waals surface area (Å²) in [6.45, 7) is 0. The van der Waals surface area contributed by atoms with Crippen molar-refractivity contribution in [2.75, 3.05) is 0 Å². The number of aromatic nitrogens is 1. The molecule has 1 heteroatoms. The van der Waals surface area contributed by atoms with E-state index in [1.165, 1.54) is 54.9 Å². The Morgan fingerprint density at radius 2 is 0.971 bits per heavy atom. The molecule has 0 aliphatic carbocycles. The quantitative estimate of drug-likeness (QED) is 0.279. The molecule has 0 saturated carbocycles. The van der Waals surface area contributed by atoms with Crippen LogP contribution in [0.3, 0.4) is 0 Å². The molecule has 1 nitrogen and oxygen atoms in total. The number of hydrogen-bond donors (Lipinski definition) is 1. The smallest absolute Gasteiger partial charge is 0.0471 e. The molecular formula is C34H23N. The molecule has 0 radical (unpaired) electrons. The summed E-state index contributed by atoms with van der Waals surface area (Å²) >= 11 is 0. The third-order valence-corrected chi connectivity index (χ3v) is 7.02. The van der Waals surface area contributed by atoms with Crippen LogP contribution in [-0.4, -0.2) is 4.98 Å². The molecule has 0 aliphatic rings. The van der Waals surface area contributed by atoms with Crippen LogP contribution in [0, 0.1) is 0 Å². The summed E-state index contributed by atoms with van der Waals surface area (Å²) in [5.41, 5.74) is 9.81. The van der Waals surface area contributed by atoms with E-state index >= 15 is 0 Å². The molecule has 1 heterocycles. The zero-order valence-corrected chi connectivity index (χ0v) is 19.2. The molecule has 6 aromatic carbocycles. The maximum atomic E-state index is 3.73. The van der Waals surface area contributed by atoms with E-state index in [-0.39, 0.29) is 0 Å². The minimum Gasteiger partial charge on any atom is -0.354 e. The summed E-state index contributed by atoms with van der Waals surface area (Å²) < 4.78 is 0. The fourth-order valence-corrected chi connectivity index (χ4v) is 5.48. The summed E-state index contributed by atoms with van der Waals surface area (Å²) in [6.07, 6.45) is 0. The van der Waals surface area contributed by atoms with Gasteiger partial charge < -0.3 is 4.98 Å². The van der Waals surface area contributed by atoms with Crippen LogP contribution in [0.25, 0.3) is 66.0 Å². The third kappa shape index (κ3) is 3.17. The summed E-state index contributed by atoms with van der Waals surface area (Å²) in [5, 5.41) is 5.07. The number of rotatable bonds is 3. The van der Waals surface area contributed by atoms with Crippen LogP contribution >= 0.6 is 0 Å². The average Bonchev–Trinajstić information content (AvgIpc) is 3.32. The Hall–Kier alpha value is -4.62. The molecule has 7 aromatic rings. The van der Waals surface area contributed by atoms with Gasteiger partial charge in [-0.1, -0.05) is 121 Å². The van der Waals surface area contributed by atoms with Gasteiger partial charge in [-0.15, -0.1) is 0 Å². The number of nitrogens with one attached hydrogen (secondary N) is 1. The maximum absolute atomic E-state index is 3.73. The zero-order valence-electron chi connectivity index (χ0n) is 19.2. The standard InChI is InChI=1S/C34H23N/c1-3-11-24(12-4-1)27-18-10-20-30-33(27)34-31(35-30)22-21-28(25-13-5-2-6-14-25)32(34)29-19-9-16-23-15-7-8-17-26(23)29/h1-22,35H. The first-order valence-electron chi connectivity index (χ1n) is 12.0. The molecule has 164 valence electrons. The molecule has 0 saturated heterocycles. The zero-order chi connectivity index (χ0) is 23.2. The van der Waals surface area contributed by atoms with E-state index in [4.69, 9.17) is 0 Å². The second-order valence-electron chi connectivity index (χ2n) is 9.02. The molecule has 35 heavy (non-hydrogen) atoms. The Balaban J connectivity index is 1.70. The van der Waals surface area contributed by atoms with Crippen LogP contribution in [0.5, 0.6) is 0 Å². The molecule has 0 atom stereocenters. The van der Waals surface area contributed by atoms with Gasteiger partial charge in [0.15, 0.2) is 0 Å². The van der Waals surface area contributed by atoms with Crippen molar-refractivity contribution in [3.8, 4) is 33.4 Å². The Bertz CT molecular complexity index is 1820. The summed E-state index contributed by atoms with van der Waals surface area (Å²) in [7, 11) is 0. The highest BCUT2D eigenvalue weighted by atomic mass is 14.7. The minimum atomic E-state index is 1.16. The number of fused-ring (bicyclic) bond motifs is 4. The van der Waals surface area contributed by atoms with Crippen molar-refractivity contribution in [1.82, 2.24) is 4.98 Å². The highest BCUT2D eigenvalue weighted by Crippen LogP contribution is 2.45. The van der Waals surface area contributed by atoms with Crippen LogP contribution in [0.1, 0.15) is 0 Å². The molecule has 7 rings (SSSR count). The minimum absolute atomic E-state index is 1.16. The van der Waals surface area contributed by atoms with Crippen LogP contribution in [0.2, 0.25) is 0 Å². The van der Waals surface area contributed by atoms with Gasteiger partial charge in [0, 0.05) is 27.4 Å². The third-order valence-electron chi connectivity index (χ3n) is 7.02. The largest absolute Gasteiger partial charge is 0.354 e. The number of hydrogen-bond acceptors (Lipinski definition) is 0. The lowest BCUT2D eigenvalue weighted by Crippen LogP contribution is -1.89. The van der Waals surface area contributed by atoms with E-state index < -0.39 is 0 Å². The SMILES string of the molecule is c1ccc(-c2ccc3[nH]c4cccc(-c5ccccc5)c4c3c2-c2cccc3ccccc23)cc1. The Morgan fingerprint density at radius 3 is 1.77 bits per heavy atom. The van der Waals surface area contributed by atoms with Crippen molar-refractivity contribution in [2.45, 2.75) is 0 Å². The van der Waals surface area contributed by atoms with E-state index in [9.17, 15) is 0 Å². The van der Waals surface area contributed by atoms with Crippen LogP contribution < -0.4 is 0 Å². The first-order chi connectivity index (χ1) is 17.4. The van der Waals surface area contributed by atoms with Crippen molar-refractivity contribution in [3.63, 3.8) is 0 Å². The fraction of sp³-hybridized carbons (Fsp3) is 0.